The van der Waals surface area contributed by atoms with Crippen LogP contribution in [0, 0.1) is 5.41 Å². The number of aliphatic carboxylic acids is 1. The van der Waals surface area contributed by atoms with Gasteiger partial charge in [-0.2, -0.15) is 13.2 Å². The van der Waals surface area contributed by atoms with Gasteiger partial charge in [-0.05, 0) is 39.0 Å². The van der Waals surface area contributed by atoms with E-state index in [0.717, 1.165) is 13.8 Å². The van der Waals surface area contributed by atoms with Crippen molar-refractivity contribution in [3.63, 3.8) is 0 Å². The monoisotopic (exact) mass is 420 g/mol. The summed E-state index contributed by atoms with van der Waals surface area (Å²) in [4.78, 5) is 23.1. The summed E-state index contributed by atoms with van der Waals surface area (Å²) in [6, 6.07) is 4.35. The molecule has 0 saturated heterocycles. The van der Waals surface area contributed by atoms with E-state index in [1.807, 2.05) is 0 Å². The molecule has 29 heavy (non-hydrogen) atoms. The SMILES string of the molecule is CC(C)(OC(=O)Nc1ccc2c(c1)NC[C@H](C[C@](C)(CO)C(=O)O)O2)C(F)(F)F. The number of carboxylic acid groups (broad SMARTS) is 1. The molecule has 8 nitrogen and oxygen atoms in total. The van der Waals surface area contributed by atoms with Gasteiger partial charge in [-0.25, -0.2) is 4.79 Å². The highest BCUT2D eigenvalue weighted by atomic mass is 19.4. The van der Waals surface area contributed by atoms with E-state index >= 15 is 0 Å². The van der Waals surface area contributed by atoms with E-state index in [4.69, 9.17) is 4.74 Å². The fraction of sp³-hybridized carbons (Fsp3) is 0.556. The molecule has 11 heteroatoms. The third-order valence-electron chi connectivity index (χ3n) is 4.61. The number of anilines is 2. The maximum absolute atomic E-state index is 12.8. The number of hydrogen-bond donors (Lipinski definition) is 4. The molecule has 2 atom stereocenters. The van der Waals surface area contributed by atoms with Gasteiger partial charge >= 0.3 is 18.2 Å². The highest BCUT2D eigenvalue weighted by Gasteiger charge is 2.51. The summed E-state index contributed by atoms with van der Waals surface area (Å²) in [5, 5.41) is 23.8. The quantitative estimate of drug-likeness (QED) is 0.558. The van der Waals surface area contributed by atoms with Crippen LogP contribution in [0.25, 0.3) is 0 Å². The first-order valence-corrected chi connectivity index (χ1v) is 8.73. The van der Waals surface area contributed by atoms with Crippen LogP contribution >= 0.6 is 0 Å². The third-order valence-corrected chi connectivity index (χ3v) is 4.61. The van der Waals surface area contributed by atoms with Crippen LogP contribution in [0.5, 0.6) is 5.75 Å². The largest absolute Gasteiger partial charge is 0.486 e. The van der Waals surface area contributed by atoms with Gasteiger partial charge in [-0.1, -0.05) is 0 Å². The van der Waals surface area contributed by atoms with E-state index in [9.17, 15) is 33.0 Å². The molecule has 0 unspecified atom stereocenters. The predicted molar refractivity (Wildman–Crippen MR) is 97.0 cm³/mol. The Bertz CT molecular complexity index is 783. The number of aliphatic hydroxyl groups excluding tert-OH is 1. The van der Waals surface area contributed by atoms with Gasteiger partial charge in [0, 0.05) is 12.1 Å². The number of carbonyl (C=O) groups excluding carboxylic acids is 1. The van der Waals surface area contributed by atoms with Crippen LogP contribution in [0.15, 0.2) is 18.2 Å². The number of halogens is 3. The Balaban J connectivity index is 2.03. The number of benzene rings is 1. The number of carboxylic acids is 1. The van der Waals surface area contributed by atoms with Crippen molar-refractivity contribution in [2.45, 2.75) is 45.1 Å². The summed E-state index contributed by atoms with van der Waals surface area (Å²) in [5.74, 6) is -0.768. The van der Waals surface area contributed by atoms with Gasteiger partial charge < -0.3 is 25.0 Å². The second-order valence-electron chi connectivity index (χ2n) is 7.58. The first-order chi connectivity index (χ1) is 13.3. The average Bonchev–Trinajstić information content (AvgIpc) is 2.60. The zero-order valence-electron chi connectivity index (χ0n) is 16.1. The molecule has 162 valence electrons. The molecule has 0 fully saturated rings. The summed E-state index contributed by atoms with van der Waals surface area (Å²) in [6.07, 6.45) is -6.44. The van der Waals surface area contributed by atoms with Crippen LogP contribution in [0.2, 0.25) is 0 Å². The number of nitrogens with one attached hydrogen (secondary N) is 2. The average molecular weight is 420 g/mol. The Morgan fingerprint density at radius 1 is 1.31 bits per heavy atom. The molecule has 4 N–H and O–H groups in total. The predicted octanol–water partition coefficient (Wildman–Crippen LogP) is 3.22. The van der Waals surface area contributed by atoms with Crippen LogP contribution < -0.4 is 15.4 Å². The molecule has 0 radical (unpaired) electrons. The van der Waals surface area contributed by atoms with Crippen LogP contribution in [0.4, 0.5) is 29.3 Å². The smallest absolute Gasteiger partial charge is 0.427 e. The van der Waals surface area contributed by atoms with E-state index in [1.54, 1.807) is 0 Å². The van der Waals surface area contributed by atoms with Crippen molar-refractivity contribution in [1.29, 1.82) is 0 Å². The number of fused-ring (bicyclic) bond motifs is 1. The van der Waals surface area contributed by atoms with Gasteiger partial charge in [0.1, 0.15) is 11.9 Å². The molecule has 2 rings (SSSR count). The number of aliphatic hydroxyl groups is 1. The fourth-order valence-corrected chi connectivity index (χ4v) is 2.56. The number of carbonyl (C=O) groups is 2. The van der Waals surface area contributed by atoms with E-state index in [-0.39, 0.29) is 18.7 Å². The van der Waals surface area contributed by atoms with Crippen molar-refractivity contribution in [3.05, 3.63) is 18.2 Å². The Morgan fingerprint density at radius 3 is 2.52 bits per heavy atom. The molecule has 0 bridgehead atoms. The number of alkyl halides is 3. The topological polar surface area (TPSA) is 117 Å². The molecular formula is C18H23F3N2O6. The zero-order chi connectivity index (χ0) is 22.0. The summed E-state index contributed by atoms with van der Waals surface area (Å²) in [7, 11) is 0. The van der Waals surface area contributed by atoms with Crippen molar-refractivity contribution in [2.75, 3.05) is 23.8 Å². The molecule has 1 aromatic carbocycles. The lowest BCUT2D eigenvalue weighted by atomic mass is 9.85. The molecule has 1 aromatic rings. The van der Waals surface area contributed by atoms with Gasteiger partial charge in [-0.15, -0.1) is 0 Å². The van der Waals surface area contributed by atoms with Crippen molar-refractivity contribution in [3.8, 4) is 5.75 Å². The van der Waals surface area contributed by atoms with Gasteiger partial charge in [0.2, 0.25) is 5.60 Å². The van der Waals surface area contributed by atoms with E-state index < -0.39 is 42.0 Å². The maximum Gasteiger partial charge on any atom is 0.427 e. The van der Waals surface area contributed by atoms with Crippen LogP contribution in [0.3, 0.4) is 0 Å². The lowest BCUT2D eigenvalue weighted by Gasteiger charge is -2.32. The number of rotatable bonds is 6. The Kier molecular flexibility index (Phi) is 6.21. The zero-order valence-corrected chi connectivity index (χ0v) is 16.1. The third kappa shape index (κ3) is 5.22. The van der Waals surface area contributed by atoms with Crippen LogP contribution in [-0.4, -0.2) is 53.3 Å². The Labute approximate surface area is 165 Å². The molecule has 1 heterocycles. The van der Waals surface area contributed by atoms with E-state index in [1.165, 1.54) is 25.1 Å². The van der Waals surface area contributed by atoms with Gasteiger partial charge in [-0.3, -0.25) is 10.1 Å². The molecule has 1 aliphatic heterocycles. The molecule has 0 spiro atoms. The van der Waals surface area contributed by atoms with Crippen LogP contribution in [-0.2, 0) is 9.53 Å². The lowest BCUT2D eigenvalue weighted by molar-refractivity contribution is -0.242. The second kappa shape index (κ2) is 7.97. The summed E-state index contributed by atoms with van der Waals surface area (Å²) < 4.78 is 48.6. The minimum absolute atomic E-state index is 0.0596. The lowest BCUT2D eigenvalue weighted by Crippen LogP contribution is -2.44. The molecule has 1 amide bonds. The van der Waals surface area contributed by atoms with Crippen LogP contribution in [0.1, 0.15) is 27.2 Å². The van der Waals surface area contributed by atoms with E-state index in [2.05, 4.69) is 15.4 Å². The van der Waals surface area contributed by atoms with Crippen molar-refractivity contribution in [1.82, 2.24) is 0 Å². The number of amides is 1. The standard InChI is InChI=1S/C18H23F3N2O6/c1-16(2,18(19,20)21)29-15(27)23-10-4-5-13-12(6-10)22-8-11(28-13)7-17(3,9-24)14(25)26/h4-6,11,22,24H,7-9H2,1-3H3,(H,23,27)(H,25,26)/t11-,17+/m0/s1. The highest BCUT2D eigenvalue weighted by molar-refractivity contribution is 5.86. The molecule has 0 aliphatic carbocycles. The van der Waals surface area contributed by atoms with Gasteiger partial charge in [0.05, 0.1) is 24.3 Å². The summed E-state index contributed by atoms with van der Waals surface area (Å²) in [6.45, 7) is 2.59. The highest BCUT2D eigenvalue weighted by Crippen LogP contribution is 2.36. The molecule has 0 saturated carbocycles. The normalized spacial score (nSPS) is 18.5. The molecular weight excluding hydrogens is 397 g/mol. The Hall–Kier alpha value is -2.69. The van der Waals surface area contributed by atoms with Gasteiger partial charge in [0.15, 0.2) is 0 Å². The summed E-state index contributed by atoms with van der Waals surface area (Å²) >= 11 is 0. The van der Waals surface area contributed by atoms with Crippen molar-refractivity contribution >= 4 is 23.4 Å². The Morgan fingerprint density at radius 2 is 1.97 bits per heavy atom. The van der Waals surface area contributed by atoms with Crippen molar-refractivity contribution < 1.29 is 42.4 Å². The first-order valence-electron chi connectivity index (χ1n) is 8.73. The maximum atomic E-state index is 12.8. The second-order valence-corrected chi connectivity index (χ2v) is 7.58. The van der Waals surface area contributed by atoms with Gasteiger partial charge in [0.25, 0.3) is 0 Å². The number of ether oxygens (including phenoxy) is 2. The minimum Gasteiger partial charge on any atom is -0.486 e. The summed E-state index contributed by atoms with van der Waals surface area (Å²) in [5.41, 5.74) is -3.36. The van der Waals surface area contributed by atoms with Crippen molar-refractivity contribution in [2.24, 2.45) is 5.41 Å². The fourth-order valence-electron chi connectivity index (χ4n) is 2.56. The first kappa shape index (κ1) is 22.6. The van der Waals surface area contributed by atoms with E-state index in [0.29, 0.717) is 11.4 Å². The number of hydrogen-bond acceptors (Lipinski definition) is 6. The minimum atomic E-state index is -4.72. The molecule has 0 aromatic heterocycles. The molecule has 1 aliphatic rings.